The smallest absolute Gasteiger partial charge is 0.237 e. The molecule has 7 aromatic carbocycles. The second-order valence-electron chi connectivity index (χ2n) is 12.4. The van der Waals surface area contributed by atoms with E-state index >= 15 is 0 Å². The van der Waals surface area contributed by atoms with E-state index in [-0.39, 0.29) is 0 Å². The van der Waals surface area contributed by atoms with Crippen molar-refractivity contribution in [1.82, 2.24) is 24.5 Å². The van der Waals surface area contributed by atoms with Gasteiger partial charge in [0.1, 0.15) is 0 Å². The second-order valence-corrected chi connectivity index (χ2v) is 12.4. The van der Waals surface area contributed by atoms with Gasteiger partial charge in [0.05, 0.1) is 16.7 Å². The average molecular weight is 641 g/mol. The largest absolute Gasteiger partial charge is 0.279 e. The van der Waals surface area contributed by atoms with Gasteiger partial charge in [-0.2, -0.15) is 4.98 Å². The summed E-state index contributed by atoms with van der Waals surface area (Å²) in [4.78, 5) is 23.0. The Labute approximate surface area is 287 Å². The Morgan fingerprint density at radius 1 is 0.460 bits per heavy atom. The molecule has 50 heavy (non-hydrogen) atoms. The van der Waals surface area contributed by atoms with E-state index in [0.29, 0.717) is 11.9 Å². The number of hydrogen-bond acceptors (Lipinski definition) is 5. The highest BCUT2D eigenvalue weighted by atomic mass is 15.3. The van der Waals surface area contributed by atoms with Gasteiger partial charge in [-0.3, -0.25) is 9.47 Å². The molecule has 0 aliphatic rings. The predicted molar refractivity (Wildman–Crippen MR) is 205 cm³/mol. The number of aromatic nitrogens is 5. The summed E-state index contributed by atoms with van der Waals surface area (Å²) in [7, 11) is 0. The fraction of sp³-hybridized carbons (Fsp3) is 0. The van der Waals surface area contributed by atoms with Gasteiger partial charge in [0.15, 0.2) is 5.65 Å². The second kappa shape index (κ2) is 11.4. The van der Waals surface area contributed by atoms with Crippen LogP contribution in [0.4, 0.5) is 17.3 Å². The molecular formula is C44H28N6. The lowest BCUT2D eigenvalue weighted by Crippen LogP contribution is -2.14. The maximum Gasteiger partial charge on any atom is 0.237 e. The predicted octanol–water partition coefficient (Wildman–Crippen LogP) is 11.0. The highest BCUT2D eigenvalue weighted by Crippen LogP contribution is 2.38. The Morgan fingerprint density at radius 3 is 1.78 bits per heavy atom. The molecule has 0 saturated carbocycles. The zero-order valence-electron chi connectivity index (χ0n) is 26.8. The Bertz CT molecular complexity index is 2820. The van der Waals surface area contributed by atoms with Crippen molar-refractivity contribution in [3.05, 3.63) is 170 Å². The minimum absolute atomic E-state index is 0.552. The first-order valence-corrected chi connectivity index (χ1v) is 16.6. The Balaban J connectivity index is 1.25. The van der Waals surface area contributed by atoms with Crippen LogP contribution in [0.25, 0.3) is 71.6 Å². The van der Waals surface area contributed by atoms with Gasteiger partial charge in [-0.25, -0.2) is 15.0 Å². The van der Waals surface area contributed by atoms with Crippen LogP contribution in [0.5, 0.6) is 0 Å². The van der Waals surface area contributed by atoms with Crippen molar-refractivity contribution in [2.75, 3.05) is 4.90 Å². The van der Waals surface area contributed by atoms with E-state index in [4.69, 9.17) is 19.9 Å². The van der Waals surface area contributed by atoms with Crippen LogP contribution in [0.3, 0.4) is 0 Å². The molecule has 0 spiro atoms. The molecule has 0 aliphatic heterocycles. The molecule has 0 radical (unpaired) electrons. The van der Waals surface area contributed by atoms with Crippen molar-refractivity contribution < 1.29 is 0 Å². The van der Waals surface area contributed by atoms with Gasteiger partial charge in [-0.15, -0.1) is 0 Å². The lowest BCUT2D eigenvalue weighted by Gasteiger charge is -2.24. The van der Waals surface area contributed by atoms with E-state index in [2.05, 4.69) is 125 Å². The Morgan fingerprint density at radius 2 is 1.06 bits per heavy atom. The van der Waals surface area contributed by atoms with Gasteiger partial charge >= 0.3 is 0 Å². The third-order valence-corrected chi connectivity index (χ3v) is 9.42. The van der Waals surface area contributed by atoms with Gasteiger partial charge in [-0.05, 0) is 57.9 Å². The highest BCUT2D eigenvalue weighted by Gasteiger charge is 2.22. The minimum Gasteiger partial charge on any atom is -0.279 e. The molecule has 0 amide bonds. The molecule has 0 aliphatic carbocycles. The minimum atomic E-state index is 0.552. The Hall–Kier alpha value is -6.92. The van der Waals surface area contributed by atoms with Crippen LogP contribution in [-0.4, -0.2) is 24.5 Å². The van der Waals surface area contributed by atoms with E-state index in [1.54, 1.807) is 0 Å². The zero-order valence-corrected chi connectivity index (χ0v) is 26.8. The molecule has 0 bridgehead atoms. The molecule has 6 heteroatoms. The van der Waals surface area contributed by atoms with Crippen molar-refractivity contribution in [3.63, 3.8) is 0 Å². The van der Waals surface area contributed by atoms with Gasteiger partial charge in [0.25, 0.3) is 0 Å². The zero-order chi connectivity index (χ0) is 33.0. The molecule has 0 fully saturated rings. The maximum absolute atomic E-state index is 5.38. The van der Waals surface area contributed by atoms with Crippen molar-refractivity contribution in [2.24, 2.45) is 0 Å². The molecule has 234 valence electrons. The lowest BCUT2D eigenvalue weighted by atomic mass is 10.1. The van der Waals surface area contributed by atoms with Gasteiger partial charge in [0.2, 0.25) is 11.9 Å². The summed E-state index contributed by atoms with van der Waals surface area (Å²) in [5.74, 6) is 1.11. The van der Waals surface area contributed by atoms with E-state index in [9.17, 15) is 0 Å². The number of hydrogen-bond donors (Lipinski definition) is 0. The third-order valence-electron chi connectivity index (χ3n) is 9.42. The lowest BCUT2D eigenvalue weighted by molar-refractivity contribution is 0.987. The van der Waals surface area contributed by atoms with E-state index < -0.39 is 0 Å². The molecular weight excluding hydrogens is 613 g/mol. The highest BCUT2D eigenvalue weighted by molar-refractivity contribution is 6.08. The van der Waals surface area contributed by atoms with E-state index in [1.165, 1.54) is 10.8 Å². The average Bonchev–Trinajstić information content (AvgIpc) is 3.51. The maximum atomic E-state index is 5.38. The number of para-hydroxylation sites is 2. The summed E-state index contributed by atoms with van der Waals surface area (Å²) in [5, 5.41) is 7.60. The topological polar surface area (TPSA) is 59.7 Å². The van der Waals surface area contributed by atoms with Crippen molar-refractivity contribution in [3.8, 4) is 17.2 Å². The number of fused-ring (bicyclic) bond motifs is 6. The first-order valence-electron chi connectivity index (χ1n) is 16.6. The molecule has 0 atom stereocenters. The first-order chi connectivity index (χ1) is 24.8. The molecule has 0 saturated heterocycles. The summed E-state index contributed by atoms with van der Waals surface area (Å²) < 4.78 is 2.08. The summed E-state index contributed by atoms with van der Waals surface area (Å²) in [5.41, 5.74) is 6.40. The number of anilines is 3. The van der Waals surface area contributed by atoms with Gasteiger partial charge in [0, 0.05) is 39.3 Å². The first kappa shape index (κ1) is 28.1. The summed E-state index contributed by atoms with van der Waals surface area (Å²) >= 11 is 0. The monoisotopic (exact) mass is 640 g/mol. The number of benzene rings is 7. The summed E-state index contributed by atoms with van der Waals surface area (Å²) in [6.45, 7) is 0. The van der Waals surface area contributed by atoms with Crippen LogP contribution >= 0.6 is 0 Å². The van der Waals surface area contributed by atoms with Crippen LogP contribution in [-0.2, 0) is 0 Å². The van der Waals surface area contributed by atoms with Gasteiger partial charge in [-0.1, -0.05) is 127 Å². The van der Waals surface area contributed by atoms with Crippen molar-refractivity contribution >= 4 is 71.7 Å². The number of rotatable bonds is 5. The molecule has 3 heterocycles. The molecule has 0 N–H and O–H groups in total. The number of nitrogens with zero attached hydrogens (tertiary/aromatic N) is 6. The van der Waals surface area contributed by atoms with E-state index in [1.807, 2.05) is 54.7 Å². The molecule has 3 aromatic heterocycles. The van der Waals surface area contributed by atoms with E-state index in [0.717, 1.165) is 66.2 Å². The van der Waals surface area contributed by atoms with Crippen LogP contribution < -0.4 is 4.90 Å². The fourth-order valence-electron chi connectivity index (χ4n) is 7.04. The van der Waals surface area contributed by atoms with Crippen molar-refractivity contribution in [1.29, 1.82) is 0 Å². The Kier molecular flexibility index (Phi) is 6.39. The molecule has 0 unspecified atom stereocenters. The SMILES string of the molecule is c1ccc(-c2nc(-n3c4ccccc4c4cnc(N(c5ccc6ccccc6c5)c5ccc6ccccc6c5)nc43)nc3ccccc23)cc1. The normalized spacial score (nSPS) is 11.6. The van der Waals surface area contributed by atoms with Crippen molar-refractivity contribution in [2.45, 2.75) is 0 Å². The van der Waals surface area contributed by atoms with Crippen LogP contribution in [0.15, 0.2) is 170 Å². The summed E-state index contributed by atoms with van der Waals surface area (Å²) in [6.07, 6.45) is 1.94. The van der Waals surface area contributed by atoms with Gasteiger partial charge < -0.3 is 0 Å². The third kappa shape index (κ3) is 4.58. The molecule has 10 aromatic rings. The standard InChI is InChI=1S/C44H28N6/c1-2-14-31(15-3-1)41-37-19-8-10-20-39(37)46-44(47-41)50-40-21-11-9-18-36(40)38-28-45-43(48-42(38)50)49(34-24-22-29-12-4-6-16-32(29)26-34)35-25-23-30-13-5-7-17-33(30)27-35/h1-28H. The summed E-state index contributed by atoms with van der Waals surface area (Å²) in [6, 6.07) is 56.6. The fourth-order valence-corrected chi connectivity index (χ4v) is 7.04. The molecule has 10 rings (SSSR count). The van der Waals surface area contributed by atoms with Crippen LogP contribution in [0.2, 0.25) is 0 Å². The quantitative estimate of drug-likeness (QED) is 0.187. The molecule has 6 nitrogen and oxygen atoms in total. The van der Waals surface area contributed by atoms with Crippen LogP contribution in [0, 0.1) is 0 Å². The van der Waals surface area contributed by atoms with Crippen LogP contribution in [0.1, 0.15) is 0 Å².